The Kier molecular flexibility index (Phi) is 6.56. The topological polar surface area (TPSA) is 50.4 Å². The number of nitrogens with one attached hydrogen (secondary N) is 2. The summed E-state index contributed by atoms with van der Waals surface area (Å²) >= 11 is 6.19. The zero-order valence-electron chi connectivity index (χ0n) is 16.0. The van der Waals surface area contributed by atoms with Crippen LogP contribution in [0.4, 0.5) is 11.4 Å². The smallest absolute Gasteiger partial charge is 0.221 e. The maximum Gasteiger partial charge on any atom is 0.221 e. The van der Waals surface area contributed by atoms with E-state index < -0.39 is 0 Å². The molecule has 3 aromatic carbocycles. The first-order valence-electron chi connectivity index (χ1n) is 9.08. The zero-order valence-corrected chi connectivity index (χ0v) is 16.7. The van der Waals surface area contributed by atoms with E-state index in [1.165, 1.54) is 12.5 Å². The molecule has 0 aliphatic heterocycles. The first kappa shape index (κ1) is 19.8. The summed E-state index contributed by atoms with van der Waals surface area (Å²) in [6, 6.07) is 21.4. The van der Waals surface area contributed by atoms with Crippen LogP contribution in [0.5, 0.6) is 5.75 Å². The fourth-order valence-corrected chi connectivity index (χ4v) is 3.02. The van der Waals surface area contributed by atoms with Crippen molar-refractivity contribution >= 4 is 28.9 Å². The molecule has 0 saturated heterocycles. The number of aryl methyl sites for hydroxylation is 1. The van der Waals surface area contributed by atoms with Gasteiger partial charge in [-0.25, -0.2) is 0 Å². The normalized spacial score (nSPS) is 10.4. The molecule has 0 heterocycles. The van der Waals surface area contributed by atoms with Gasteiger partial charge in [-0.3, -0.25) is 4.79 Å². The van der Waals surface area contributed by atoms with E-state index in [1.54, 1.807) is 0 Å². The Balaban J connectivity index is 1.67. The molecule has 3 rings (SSSR count). The van der Waals surface area contributed by atoms with E-state index in [0.29, 0.717) is 18.2 Å². The van der Waals surface area contributed by atoms with Crippen molar-refractivity contribution in [1.82, 2.24) is 0 Å². The largest absolute Gasteiger partial charge is 0.489 e. The van der Waals surface area contributed by atoms with Crippen LogP contribution in [0.2, 0.25) is 5.02 Å². The predicted octanol–water partition coefficient (Wildman–Crippen LogP) is 5.80. The molecule has 0 atom stereocenters. The van der Waals surface area contributed by atoms with Gasteiger partial charge in [-0.1, -0.05) is 35.9 Å². The van der Waals surface area contributed by atoms with Crippen molar-refractivity contribution in [2.75, 3.05) is 10.6 Å². The SMILES string of the molecule is CC(=O)Nc1ccc(NCc2cc(Cl)ccc2OCc2ccccc2C)cc1. The highest BCUT2D eigenvalue weighted by Crippen LogP contribution is 2.25. The van der Waals surface area contributed by atoms with E-state index in [-0.39, 0.29) is 5.91 Å². The molecule has 28 heavy (non-hydrogen) atoms. The molecule has 0 fully saturated rings. The number of ether oxygens (including phenoxy) is 1. The van der Waals surface area contributed by atoms with Crippen molar-refractivity contribution in [1.29, 1.82) is 0 Å². The lowest BCUT2D eigenvalue weighted by Gasteiger charge is -2.14. The summed E-state index contributed by atoms with van der Waals surface area (Å²) in [5.41, 5.74) is 5.05. The summed E-state index contributed by atoms with van der Waals surface area (Å²) in [7, 11) is 0. The van der Waals surface area contributed by atoms with Crippen LogP contribution in [0.25, 0.3) is 0 Å². The molecular weight excluding hydrogens is 372 g/mol. The minimum Gasteiger partial charge on any atom is -0.489 e. The van der Waals surface area contributed by atoms with Gasteiger partial charge < -0.3 is 15.4 Å². The summed E-state index contributed by atoms with van der Waals surface area (Å²) in [4.78, 5) is 11.1. The van der Waals surface area contributed by atoms with E-state index in [1.807, 2.05) is 54.6 Å². The summed E-state index contributed by atoms with van der Waals surface area (Å²) in [6.07, 6.45) is 0. The van der Waals surface area contributed by atoms with E-state index >= 15 is 0 Å². The molecule has 0 bridgehead atoms. The number of halogens is 1. The second kappa shape index (κ2) is 9.29. The molecule has 2 N–H and O–H groups in total. The third-order valence-electron chi connectivity index (χ3n) is 4.36. The van der Waals surface area contributed by atoms with Gasteiger partial charge in [0.15, 0.2) is 0 Å². The summed E-state index contributed by atoms with van der Waals surface area (Å²) < 4.78 is 6.06. The molecular formula is C23H23ClN2O2. The molecule has 0 unspecified atom stereocenters. The third-order valence-corrected chi connectivity index (χ3v) is 4.59. The van der Waals surface area contributed by atoms with Gasteiger partial charge in [-0.15, -0.1) is 0 Å². The van der Waals surface area contributed by atoms with Crippen molar-refractivity contribution in [2.24, 2.45) is 0 Å². The van der Waals surface area contributed by atoms with Gasteiger partial charge in [-0.2, -0.15) is 0 Å². The van der Waals surface area contributed by atoms with Gasteiger partial charge in [0.1, 0.15) is 12.4 Å². The Morgan fingerprint density at radius 1 is 0.964 bits per heavy atom. The highest BCUT2D eigenvalue weighted by Gasteiger charge is 2.07. The monoisotopic (exact) mass is 394 g/mol. The highest BCUT2D eigenvalue weighted by molar-refractivity contribution is 6.30. The number of hydrogen-bond donors (Lipinski definition) is 2. The fourth-order valence-electron chi connectivity index (χ4n) is 2.83. The van der Waals surface area contributed by atoms with Crippen molar-refractivity contribution in [3.63, 3.8) is 0 Å². The third kappa shape index (κ3) is 5.51. The highest BCUT2D eigenvalue weighted by atomic mass is 35.5. The molecule has 3 aromatic rings. The fraction of sp³-hybridized carbons (Fsp3) is 0.174. The van der Waals surface area contributed by atoms with Crippen LogP contribution in [0.3, 0.4) is 0 Å². The van der Waals surface area contributed by atoms with Crippen molar-refractivity contribution in [2.45, 2.75) is 27.0 Å². The lowest BCUT2D eigenvalue weighted by molar-refractivity contribution is -0.114. The van der Waals surface area contributed by atoms with Crippen LogP contribution >= 0.6 is 11.6 Å². The first-order valence-corrected chi connectivity index (χ1v) is 9.46. The maximum atomic E-state index is 11.1. The van der Waals surface area contributed by atoms with Gasteiger partial charge in [-0.05, 0) is 60.5 Å². The molecule has 5 heteroatoms. The Hall–Kier alpha value is -2.98. The van der Waals surface area contributed by atoms with E-state index in [2.05, 4.69) is 29.7 Å². The molecule has 144 valence electrons. The lowest BCUT2D eigenvalue weighted by Crippen LogP contribution is -2.06. The Bertz CT molecular complexity index is 955. The summed E-state index contributed by atoms with van der Waals surface area (Å²) in [5.74, 6) is 0.713. The molecule has 0 aliphatic carbocycles. The van der Waals surface area contributed by atoms with Crippen molar-refractivity contribution in [3.8, 4) is 5.75 Å². The summed E-state index contributed by atoms with van der Waals surface area (Å²) in [6.45, 7) is 4.65. The van der Waals surface area contributed by atoms with E-state index in [9.17, 15) is 4.79 Å². The number of hydrogen-bond acceptors (Lipinski definition) is 3. The average molecular weight is 395 g/mol. The predicted molar refractivity (Wildman–Crippen MR) is 115 cm³/mol. The second-order valence-electron chi connectivity index (χ2n) is 6.58. The minimum atomic E-state index is -0.0879. The second-order valence-corrected chi connectivity index (χ2v) is 7.02. The Morgan fingerprint density at radius 2 is 1.68 bits per heavy atom. The van der Waals surface area contributed by atoms with Crippen LogP contribution in [0.1, 0.15) is 23.6 Å². The molecule has 0 aliphatic rings. The van der Waals surface area contributed by atoms with E-state index in [4.69, 9.17) is 16.3 Å². The summed E-state index contributed by atoms with van der Waals surface area (Å²) in [5, 5.41) is 6.79. The van der Waals surface area contributed by atoms with Crippen LogP contribution < -0.4 is 15.4 Å². The maximum absolute atomic E-state index is 11.1. The van der Waals surface area contributed by atoms with Gasteiger partial charge in [0, 0.05) is 35.4 Å². The van der Waals surface area contributed by atoms with Gasteiger partial charge in [0.25, 0.3) is 0 Å². The number of benzene rings is 3. The average Bonchev–Trinajstić information content (AvgIpc) is 2.67. The molecule has 1 amide bonds. The standard InChI is InChI=1S/C23H23ClN2O2/c1-16-5-3-4-6-18(16)15-28-23-12-7-20(24)13-19(23)14-25-21-8-10-22(11-9-21)26-17(2)27/h3-13,25H,14-15H2,1-2H3,(H,26,27). The molecule has 4 nitrogen and oxygen atoms in total. The number of anilines is 2. The van der Waals surface area contributed by atoms with Crippen LogP contribution in [-0.2, 0) is 17.9 Å². The van der Waals surface area contributed by atoms with Crippen LogP contribution in [-0.4, -0.2) is 5.91 Å². The van der Waals surface area contributed by atoms with Crippen LogP contribution in [0.15, 0.2) is 66.7 Å². The number of carbonyl (C=O) groups excluding carboxylic acids is 1. The first-order chi connectivity index (χ1) is 13.5. The number of amides is 1. The quantitative estimate of drug-likeness (QED) is 0.532. The van der Waals surface area contributed by atoms with Crippen molar-refractivity contribution < 1.29 is 9.53 Å². The van der Waals surface area contributed by atoms with Gasteiger partial charge in [0.05, 0.1) is 0 Å². The zero-order chi connectivity index (χ0) is 19.9. The van der Waals surface area contributed by atoms with Crippen molar-refractivity contribution in [3.05, 3.63) is 88.4 Å². The lowest BCUT2D eigenvalue weighted by atomic mass is 10.1. The number of carbonyl (C=O) groups is 1. The Labute approximate surface area is 170 Å². The minimum absolute atomic E-state index is 0.0879. The Morgan fingerprint density at radius 3 is 2.39 bits per heavy atom. The molecule has 0 saturated carbocycles. The molecule has 0 aromatic heterocycles. The van der Waals surface area contributed by atoms with Gasteiger partial charge in [0.2, 0.25) is 5.91 Å². The van der Waals surface area contributed by atoms with E-state index in [0.717, 1.165) is 28.3 Å². The number of rotatable bonds is 7. The molecule has 0 spiro atoms. The molecule has 0 radical (unpaired) electrons. The van der Waals surface area contributed by atoms with Gasteiger partial charge >= 0.3 is 0 Å². The van der Waals surface area contributed by atoms with Crippen LogP contribution in [0, 0.1) is 6.92 Å².